The molecule has 0 saturated carbocycles. The summed E-state index contributed by atoms with van der Waals surface area (Å²) < 4.78 is 86.4. The molecule has 0 bridgehead atoms. The molecule has 23 heteroatoms. The highest BCUT2D eigenvalue weighted by atomic mass is 32.3. The predicted octanol–water partition coefficient (Wildman–Crippen LogP) is 2.67. The molecular weight excluding hydrogens is 822 g/mol. The number of benzene rings is 2. The van der Waals surface area contributed by atoms with E-state index in [1.807, 2.05) is 0 Å². The van der Waals surface area contributed by atoms with Crippen molar-refractivity contribution in [1.29, 1.82) is 0 Å². The molecule has 1 unspecified atom stereocenters. The fraction of sp³-hybridized carbons (Fsp3) is 0.541. The molecule has 2 aromatic carbocycles. The summed E-state index contributed by atoms with van der Waals surface area (Å²) in [5.74, 6) is -5.09. The van der Waals surface area contributed by atoms with Gasteiger partial charge in [-0.25, -0.2) is 0 Å². The van der Waals surface area contributed by atoms with Gasteiger partial charge in [0, 0.05) is 57.7 Å². The van der Waals surface area contributed by atoms with Gasteiger partial charge in [0.2, 0.25) is 12.4 Å². The predicted molar refractivity (Wildman–Crippen MR) is 202 cm³/mol. The van der Waals surface area contributed by atoms with Crippen LogP contribution in [-0.2, 0) is 74.1 Å². The van der Waals surface area contributed by atoms with Crippen LogP contribution in [-0.4, -0.2) is 127 Å². The van der Waals surface area contributed by atoms with Crippen LogP contribution in [0.1, 0.15) is 56.5 Å². The van der Waals surface area contributed by atoms with E-state index in [0.29, 0.717) is 18.8 Å². The Hall–Kier alpha value is -5.55. The smallest absolute Gasteiger partial charge is 0.463 e. The minimum absolute atomic E-state index is 0.0230. The number of aliphatic hydroxyl groups is 1. The van der Waals surface area contributed by atoms with Crippen LogP contribution < -0.4 is 13.1 Å². The molecule has 1 N–H and O–H groups in total. The lowest BCUT2D eigenvalue weighted by Gasteiger charge is -2.43. The number of carbonyl (C=O) groups is 5. The summed E-state index contributed by atoms with van der Waals surface area (Å²) >= 11 is 0. The highest BCUT2D eigenvalue weighted by Gasteiger charge is 2.53. The molecule has 0 amide bonds. The molecule has 22 nitrogen and oxygen atoms in total. The first-order valence-corrected chi connectivity index (χ1v) is 19.7. The van der Waals surface area contributed by atoms with E-state index in [1.54, 1.807) is 0 Å². The van der Waals surface area contributed by atoms with Crippen LogP contribution in [0.2, 0.25) is 0 Å². The van der Waals surface area contributed by atoms with Gasteiger partial charge in [-0.3, -0.25) is 24.0 Å². The number of Topliss-reactive ketones (excluding diaryl/α,β-unsaturated/α-hetero) is 1. The van der Waals surface area contributed by atoms with Crippen LogP contribution in [0.15, 0.2) is 47.6 Å². The molecule has 0 aromatic heterocycles. The normalized spacial score (nSPS) is 18.6. The first-order valence-electron chi connectivity index (χ1n) is 18.3. The van der Waals surface area contributed by atoms with Gasteiger partial charge in [0.25, 0.3) is 0 Å². The molecule has 2 aromatic rings. The van der Waals surface area contributed by atoms with E-state index in [1.165, 1.54) is 30.3 Å². The molecule has 0 aliphatic carbocycles. The van der Waals surface area contributed by atoms with E-state index in [-0.39, 0.29) is 63.7 Å². The zero-order valence-corrected chi connectivity index (χ0v) is 34.1. The van der Waals surface area contributed by atoms with Crippen LogP contribution in [0.3, 0.4) is 0 Å². The van der Waals surface area contributed by atoms with Crippen molar-refractivity contribution >= 4 is 40.1 Å². The van der Waals surface area contributed by atoms with Gasteiger partial charge >= 0.3 is 34.3 Å². The van der Waals surface area contributed by atoms with Crippen molar-refractivity contribution in [3.63, 3.8) is 0 Å². The molecular formula is C37H47N3O19S. The van der Waals surface area contributed by atoms with Gasteiger partial charge in [-0.05, 0) is 47.8 Å². The number of ether oxygens (including phenoxy) is 9. The van der Waals surface area contributed by atoms with Gasteiger partial charge in [0.1, 0.15) is 18.5 Å². The molecule has 330 valence electrons. The lowest BCUT2D eigenvalue weighted by molar-refractivity contribution is -0.288. The van der Waals surface area contributed by atoms with Crippen LogP contribution in [0.4, 0.5) is 0 Å². The van der Waals surface area contributed by atoms with E-state index in [2.05, 4.69) is 10.0 Å². The standard InChI is InChI=1S/C37H47N3O19S/c1-23(42)52-22-33-34(53-24(2)43)35(54-25(3)44)36(55-26(4)45)37(57-33)56-31-12-9-28(20-32(31)59-60(47,48)58-29-10-7-27(21-41)8-11-29)30(46)6-5-14-49-16-18-51-19-17-50-15-13-39-40-38/h7-12,20,33-37,41H,5-6,13-19,21-22H2,1-4H3/t33-,34+,35+,36-,37?/m1/s1. The third-order valence-electron chi connectivity index (χ3n) is 7.79. The summed E-state index contributed by atoms with van der Waals surface area (Å²) in [4.78, 5) is 64.4. The highest BCUT2D eigenvalue weighted by molar-refractivity contribution is 7.82. The number of aliphatic hydroxyl groups excluding tert-OH is 1. The monoisotopic (exact) mass is 869 g/mol. The van der Waals surface area contributed by atoms with Crippen molar-refractivity contribution < 1.29 is 88.5 Å². The first kappa shape index (κ1) is 48.8. The third-order valence-corrected chi connectivity index (χ3v) is 8.57. The van der Waals surface area contributed by atoms with E-state index in [4.69, 9.17) is 56.5 Å². The number of nitrogens with zero attached hydrogens (tertiary/aromatic N) is 3. The number of rotatable bonds is 26. The second kappa shape index (κ2) is 25.2. The molecule has 1 heterocycles. The quantitative estimate of drug-likeness (QED) is 0.0270. The molecule has 1 fully saturated rings. The van der Waals surface area contributed by atoms with Crippen LogP contribution in [0.5, 0.6) is 17.2 Å². The maximum Gasteiger partial charge on any atom is 0.501 e. The number of esters is 4. The van der Waals surface area contributed by atoms with E-state index in [0.717, 1.165) is 39.8 Å². The Kier molecular flexibility index (Phi) is 20.5. The third kappa shape index (κ3) is 17.4. The number of carbonyl (C=O) groups excluding carboxylic acids is 5. The van der Waals surface area contributed by atoms with Gasteiger partial charge in [-0.1, -0.05) is 17.2 Å². The molecule has 1 saturated heterocycles. The topological polar surface area (TPSA) is 290 Å². The van der Waals surface area contributed by atoms with Crippen molar-refractivity contribution in [2.75, 3.05) is 52.8 Å². The lowest BCUT2D eigenvalue weighted by Crippen LogP contribution is -2.63. The van der Waals surface area contributed by atoms with Gasteiger partial charge < -0.3 is 56.1 Å². The molecule has 3 rings (SSSR count). The van der Waals surface area contributed by atoms with Crippen molar-refractivity contribution in [1.82, 2.24) is 0 Å². The van der Waals surface area contributed by atoms with Crippen molar-refractivity contribution in [2.24, 2.45) is 5.11 Å². The summed E-state index contributed by atoms with van der Waals surface area (Å²) in [6.45, 7) is 5.08. The van der Waals surface area contributed by atoms with E-state index in [9.17, 15) is 37.5 Å². The van der Waals surface area contributed by atoms with Crippen LogP contribution in [0.25, 0.3) is 10.4 Å². The zero-order valence-electron chi connectivity index (χ0n) is 33.3. The van der Waals surface area contributed by atoms with Crippen molar-refractivity contribution in [2.45, 2.75) is 77.8 Å². The number of azide groups is 1. The number of hydrogen-bond acceptors (Lipinski definition) is 20. The zero-order chi connectivity index (χ0) is 44.1. The molecule has 0 radical (unpaired) electrons. The second-order valence-electron chi connectivity index (χ2n) is 12.5. The van der Waals surface area contributed by atoms with Gasteiger partial charge in [-0.15, -0.1) is 8.42 Å². The molecule has 0 spiro atoms. The van der Waals surface area contributed by atoms with Crippen LogP contribution >= 0.6 is 0 Å². The molecule has 60 heavy (non-hydrogen) atoms. The van der Waals surface area contributed by atoms with E-state index < -0.39 is 88.9 Å². The Morgan fingerprint density at radius 2 is 1.35 bits per heavy atom. The minimum Gasteiger partial charge on any atom is -0.463 e. The van der Waals surface area contributed by atoms with E-state index >= 15 is 0 Å². The Labute approximate surface area is 345 Å². The van der Waals surface area contributed by atoms with Crippen LogP contribution in [0, 0.1) is 0 Å². The molecule has 5 atom stereocenters. The number of ketones is 1. The van der Waals surface area contributed by atoms with Crippen molar-refractivity contribution in [3.05, 3.63) is 64.0 Å². The molecule has 1 aliphatic rings. The molecule has 1 aliphatic heterocycles. The fourth-order valence-electron chi connectivity index (χ4n) is 5.32. The first-order chi connectivity index (χ1) is 28.6. The van der Waals surface area contributed by atoms with Gasteiger partial charge in [0.15, 0.2) is 29.5 Å². The van der Waals surface area contributed by atoms with Crippen molar-refractivity contribution in [3.8, 4) is 17.2 Å². The van der Waals surface area contributed by atoms with Gasteiger partial charge in [0.05, 0.1) is 39.6 Å². The van der Waals surface area contributed by atoms with Gasteiger partial charge in [-0.2, -0.15) is 0 Å². The summed E-state index contributed by atoms with van der Waals surface area (Å²) in [5.41, 5.74) is 8.69. The average molecular weight is 870 g/mol. The largest absolute Gasteiger partial charge is 0.501 e. The summed E-state index contributed by atoms with van der Waals surface area (Å²) in [6.07, 6.45) is -7.77. The summed E-state index contributed by atoms with van der Waals surface area (Å²) in [6, 6.07) is 8.86. The second-order valence-corrected chi connectivity index (χ2v) is 13.7. The Balaban J connectivity index is 1.86. The summed E-state index contributed by atoms with van der Waals surface area (Å²) in [5, 5.41) is 12.7. The average Bonchev–Trinajstić information content (AvgIpc) is 3.18. The maximum absolute atomic E-state index is 13.3. The minimum atomic E-state index is -4.99. The Morgan fingerprint density at radius 3 is 1.95 bits per heavy atom. The maximum atomic E-state index is 13.3. The number of hydrogen-bond donors (Lipinski definition) is 1. The lowest BCUT2D eigenvalue weighted by atomic mass is 9.98. The SMILES string of the molecule is CC(=O)OC[C@H]1OC(Oc2ccc(C(=O)CCCOCCOCCOCCN=[N+]=[N-])cc2OS(=O)(=O)Oc2ccc(CO)cc2)[C@H](OC(C)=O)[C@@H](OC(C)=O)[C@H]1OC(C)=O. The highest BCUT2D eigenvalue weighted by Crippen LogP contribution is 2.36. The summed E-state index contributed by atoms with van der Waals surface area (Å²) in [7, 11) is -4.99. The Bertz CT molecular complexity index is 1910. The Morgan fingerprint density at radius 1 is 0.750 bits per heavy atom. The fourth-order valence-corrected chi connectivity index (χ4v) is 6.05.